The van der Waals surface area contributed by atoms with Crippen molar-refractivity contribution >= 4 is 17.7 Å². The summed E-state index contributed by atoms with van der Waals surface area (Å²) in [5.74, 6) is 1.31. The summed E-state index contributed by atoms with van der Waals surface area (Å²) in [6.07, 6.45) is 5.14. The Balaban J connectivity index is 2.00. The monoisotopic (exact) mass is 224 g/mol. The molecule has 0 saturated carbocycles. The average molecular weight is 224 g/mol. The molecule has 0 radical (unpaired) electrons. The van der Waals surface area contributed by atoms with Crippen LogP contribution < -0.4 is 0 Å². The Labute approximate surface area is 94.8 Å². The first kappa shape index (κ1) is 10.8. The molecule has 0 aromatic rings. The molecule has 3 nitrogen and oxygen atoms in total. The number of likely N-dealkylation sites (tertiary alicyclic amines) is 1. The minimum Gasteiger partial charge on any atom is -0.326 e. The molecule has 0 bridgehead atoms. The molecular weight excluding hydrogens is 208 g/mol. The summed E-state index contributed by atoms with van der Waals surface area (Å²) in [5.41, 5.74) is 0. The van der Waals surface area contributed by atoms with Gasteiger partial charge in [-0.25, -0.2) is 0 Å². The second-order valence-electron chi connectivity index (χ2n) is 4.17. The third kappa shape index (κ3) is 2.28. The lowest BCUT2D eigenvalue weighted by molar-refractivity contribution is -0.133. The van der Waals surface area contributed by atoms with Crippen LogP contribution >= 0.6 is 11.8 Å². The molecule has 2 rings (SSSR count). The fraction of sp³-hybridized carbons (Fsp3) is 0.818. The number of thioether (sulfide) groups is 1. The molecule has 2 saturated heterocycles. The van der Waals surface area contributed by atoms with Gasteiger partial charge in [0, 0.05) is 6.54 Å². The second kappa shape index (κ2) is 4.89. The highest BCUT2D eigenvalue weighted by molar-refractivity contribution is 8.00. The van der Waals surface area contributed by atoms with Crippen LogP contribution in [-0.4, -0.2) is 34.4 Å². The van der Waals surface area contributed by atoms with E-state index in [0.29, 0.717) is 0 Å². The van der Waals surface area contributed by atoms with E-state index in [4.69, 9.17) is 5.26 Å². The molecule has 2 atom stereocenters. The van der Waals surface area contributed by atoms with Gasteiger partial charge in [-0.05, 0) is 37.9 Å². The Morgan fingerprint density at radius 2 is 2.20 bits per heavy atom. The van der Waals surface area contributed by atoms with E-state index in [-0.39, 0.29) is 17.2 Å². The SMILES string of the molecule is N#CC1CCCCN1C(=O)C1CCCS1. The molecule has 1 amide bonds. The number of carbonyl (C=O) groups excluding carboxylic acids is 1. The molecule has 0 N–H and O–H groups in total. The lowest BCUT2D eigenvalue weighted by Gasteiger charge is -2.33. The van der Waals surface area contributed by atoms with Crippen LogP contribution in [0.2, 0.25) is 0 Å². The van der Waals surface area contributed by atoms with Gasteiger partial charge in [0.05, 0.1) is 11.3 Å². The van der Waals surface area contributed by atoms with E-state index in [0.717, 1.165) is 44.4 Å². The van der Waals surface area contributed by atoms with E-state index in [9.17, 15) is 4.79 Å². The number of carbonyl (C=O) groups is 1. The summed E-state index contributed by atoms with van der Waals surface area (Å²) in [6.45, 7) is 0.786. The molecule has 0 aromatic heterocycles. The summed E-state index contributed by atoms with van der Waals surface area (Å²) < 4.78 is 0. The molecule has 0 aliphatic carbocycles. The van der Waals surface area contributed by atoms with Crippen LogP contribution in [0.3, 0.4) is 0 Å². The number of hydrogen-bond acceptors (Lipinski definition) is 3. The molecule has 2 fully saturated rings. The zero-order valence-electron chi connectivity index (χ0n) is 8.82. The molecular formula is C11H16N2OS. The minimum atomic E-state index is -0.160. The predicted octanol–water partition coefficient (Wildman–Crippen LogP) is 1.79. The fourth-order valence-corrected chi connectivity index (χ4v) is 3.52. The predicted molar refractivity (Wildman–Crippen MR) is 60.4 cm³/mol. The van der Waals surface area contributed by atoms with Gasteiger partial charge in [-0.1, -0.05) is 0 Å². The molecule has 4 heteroatoms. The van der Waals surface area contributed by atoms with Gasteiger partial charge in [0.25, 0.3) is 0 Å². The first-order valence-corrected chi connectivity index (χ1v) is 6.69. The van der Waals surface area contributed by atoms with Gasteiger partial charge in [0.15, 0.2) is 0 Å². The van der Waals surface area contributed by atoms with Gasteiger partial charge >= 0.3 is 0 Å². The first-order valence-electron chi connectivity index (χ1n) is 5.64. The molecule has 2 unspecified atom stereocenters. The van der Waals surface area contributed by atoms with Crippen molar-refractivity contribution in [3.05, 3.63) is 0 Å². The summed E-state index contributed by atoms with van der Waals surface area (Å²) in [5, 5.41) is 9.14. The number of nitrogens with zero attached hydrogens (tertiary/aromatic N) is 2. The van der Waals surface area contributed by atoms with E-state index >= 15 is 0 Å². The number of amides is 1. The van der Waals surface area contributed by atoms with E-state index in [1.54, 1.807) is 11.8 Å². The Kier molecular flexibility index (Phi) is 3.53. The summed E-state index contributed by atoms with van der Waals surface area (Å²) in [7, 11) is 0. The number of nitriles is 1. The number of piperidine rings is 1. The summed E-state index contributed by atoms with van der Waals surface area (Å²) in [6, 6.07) is 2.09. The minimum absolute atomic E-state index is 0.138. The zero-order valence-corrected chi connectivity index (χ0v) is 9.63. The van der Waals surface area contributed by atoms with Gasteiger partial charge in [0.2, 0.25) is 5.91 Å². The van der Waals surface area contributed by atoms with Crippen LogP contribution in [0.1, 0.15) is 32.1 Å². The maximum Gasteiger partial charge on any atom is 0.236 e. The van der Waals surface area contributed by atoms with Crippen molar-refractivity contribution in [2.24, 2.45) is 0 Å². The van der Waals surface area contributed by atoms with Crippen LogP contribution in [0.5, 0.6) is 0 Å². The number of rotatable bonds is 1. The van der Waals surface area contributed by atoms with Gasteiger partial charge in [-0.15, -0.1) is 11.8 Å². The topological polar surface area (TPSA) is 44.1 Å². The average Bonchev–Trinajstić information content (AvgIpc) is 2.81. The lowest BCUT2D eigenvalue weighted by Crippen LogP contribution is -2.46. The molecule has 2 aliphatic rings. The van der Waals surface area contributed by atoms with Gasteiger partial charge in [0.1, 0.15) is 6.04 Å². The molecule has 15 heavy (non-hydrogen) atoms. The zero-order chi connectivity index (χ0) is 10.7. The van der Waals surface area contributed by atoms with Crippen molar-refractivity contribution in [1.29, 1.82) is 5.26 Å². The van der Waals surface area contributed by atoms with Crippen molar-refractivity contribution < 1.29 is 4.79 Å². The van der Waals surface area contributed by atoms with E-state index in [1.165, 1.54) is 0 Å². The first-order chi connectivity index (χ1) is 7.33. The Bertz CT molecular complexity index is 281. The maximum atomic E-state index is 12.1. The summed E-state index contributed by atoms with van der Waals surface area (Å²) in [4.78, 5) is 13.9. The third-order valence-corrected chi connectivity index (χ3v) is 4.50. The molecule has 82 valence electrons. The van der Waals surface area contributed by atoms with Gasteiger partial charge in [-0.2, -0.15) is 5.26 Å². The Morgan fingerprint density at radius 3 is 2.87 bits per heavy atom. The van der Waals surface area contributed by atoms with Gasteiger partial charge < -0.3 is 4.90 Å². The van der Waals surface area contributed by atoms with E-state index in [2.05, 4.69) is 6.07 Å². The van der Waals surface area contributed by atoms with Crippen LogP contribution in [0.25, 0.3) is 0 Å². The molecule has 2 aliphatic heterocycles. The lowest BCUT2D eigenvalue weighted by atomic mass is 10.0. The fourth-order valence-electron chi connectivity index (χ4n) is 2.29. The Morgan fingerprint density at radius 1 is 1.33 bits per heavy atom. The Hall–Kier alpha value is -0.690. The van der Waals surface area contributed by atoms with Crippen molar-refractivity contribution in [2.45, 2.75) is 43.4 Å². The highest BCUT2D eigenvalue weighted by Gasteiger charge is 2.33. The quantitative estimate of drug-likeness (QED) is 0.682. The normalized spacial score (nSPS) is 31.3. The molecule has 0 aromatic carbocycles. The second-order valence-corrected chi connectivity index (χ2v) is 5.48. The van der Waals surface area contributed by atoms with Crippen LogP contribution in [-0.2, 0) is 4.79 Å². The molecule has 0 spiro atoms. The third-order valence-electron chi connectivity index (χ3n) is 3.14. The van der Waals surface area contributed by atoms with Gasteiger partial charge in [-0.3, -0.25) is 4.79 Å². The summed E-state index contributed by atoms with van der Waals surface area (Å²) >= 11 is 1.76. The smallest absolute Gasteiger partial charge is 0.236 e. The largest absolute Gasteiger partial charge is 0.326 e. The van der Waals surface area contributed by atoms with Crippen LogP contribution in [0.15, 0.2) is 0 Å². The van der Waals surface area contributed by atoms with Crippen LogP contribution in [0, 0.1) is 11.3 Å². The van der Waals surface area contributed by atoms with Crippen molar-refractivity contribution in [3.63, 3.8) is 0 Å². The van der Waals surface area contributed by atoms with Crippen LogP contribution in [0.4, 0.5) is 0 Å². The van der Waals surface area contributed by atoms with E-state index in [1.807, 2.05) is 4.90 Å². The van der Waals surface area contributed by atoms with Crippen molar-refractivity contribution in [2.75, 3.05) is 12.3 Å². The van der Waals surface area contributed by atoms with Crippen molar-refractivity contribution in [1.82, 2.24) is 4.90 Å². The highest BCUT2D eigenvalue weighted by atomic mass is 32.2. The van der Waals surface area contributed by atoms with Crippen molar-refractivity contribution in [3.8, 4) is 6.07 Å². The maximum absolute atomic E-state index is 12.1. The standard InChI is InChI=1S/C11H16N2OS/c12-8-9-4-1-2-6-13(9)11(14)10-5-3-7-15-10/h9-10H,1-7H2. The van der Waals surface area contributed by atoms with E-state index < -0.39 is 0 Å². The molecule has 2 heterocycles. The number of hydrogen-bond donors (Lipinski definition) is 0. The highest BCUT2D eigenvalue weighted by Crippen LogP contribution is 2.29.